The number of halogens is 2. The SMILES string of the molecule is C[CH]OC(=O)Nc1c(F)cccc1F. The van der Waals surface area contributed by atoms with E-state index in [1.807, 2.05) is 5.32 Å². The molecule has 0 unspecified atom stereocenters. The summed E-state index contributed by atoms with van der Waals surface area (Å²) in [4.78, 5) is 10.8. The average molecular weight is 200 g/mol. The molecule has 0 bridgehead atoms. The van der Waals surface area contributed by atoms with Gasteiger partial charge in [-0.1, -0.05) is 6.07 Å². The van der Waals surface area contributed by atoms with Crippen molar-refractivity contribution >= 4 is 11.8 Å². The van der Waals surface area contributed by atoms with Gasteiger partial charge in [0.15, 0.2) is 0 Å². The Kier molecular flexibility index (Phi) is 3.39. The van der Waals surface area contributed by atoms with E-state index in [0.717, 1.165) is 18.7 Å². The summed E-state index contributed by atoms with van der Waals surface area (Å²) in [6.45, 7) is 2.57. The third kappa shape index (κ3) is 2.42. The van der Waals surface area contributed by atoms with Crippen molar-refractivity contribution in [1.29, 1.82) is 0 Å². The lowest BCUT2D eigenvalue weighted by atomic mass is 10.3. The van der Waals surface area contributed by atoms with Crippen LogP contribution in [0.15, 0.2) is 18.2 Å². The Morgan fingerprint density at radius 2 is 2.00 bits per heavy atom. The number of amides is 1. The first kappa shape index (κ1) is 10.4. The second-order valence-corrected chi connectivity index (χ2v) is 2.36. The van der Waals surface area contributed by atoms with E-state index < -0.39 is 23.4 Å². The minimum atomic E-state index is -0.934. The molecule has 0 fully saturated rings. The quantitative estimate of drug-likeness (QED) is 0.796. The second kappa shape index (κ2) is 4.55. The van der Waals surface area contributed by atoms with Crippen molar-refractivity contribution in [3.8, 4) is 0 Å². The molecule has 75 valence electrons. The molecule has 5 heteroatoms. The zero-order valence-electron chi connectivity index (χ0n) is 7.38. The minimum absolute atomic E-state index is 0.514. The van der Waals surface area contributed by atoms with Gasteiger partial charge < -0.3 is 4.74 Å². The van der Waals surface area contributed by atoms with Crippen LogP contribution in [-0.2, 0) is 4.74 Å². The van der Waals surface area contributed by atoms with Gasteiger partial charge in [0.2, 0.25) is 0 Å². The van der Waals surface area contributed by atoms with Crippen LogP contribution in [0.1, 0.15) is 6.92 Å². The summed E-state index contributed by atoms with van der Waals surface area (Å²) in [5.41, 5.74) is -0.514. The van der Waals surface area contributed by atoms with E-state index in [9.17, 15) is 13.6 Å². The number of hydrogen-bond donors (Lipinski definition) is 1. The molecule has 1 rings (SSSR count). The molecule has 1 aromatic carbocycles. The molecule has 1 aromatic rings. The monoisotopic (exact) mass is 200 g/mol. The predicted molar refractivity (Wildman–Crippen MR) is 46.4 cm³/mol. The summed E-state index contributed by atoms with van der Waals surface area (Å²) < 4.78 is 30.2. The van der Waals surface area contributed by atoms with Gasteiger partial charge in [-0.3, -0.25) is 5.32 Å². The summed E-state index contributed by atoms with van der Waals surface area (Å²) in [5, 5.41) is 1.94. The summed E-state index contributed by atoms with van der Waals surface area (Å²) in [7, 11) is 0. The van der Waals surface area contributed by atoms with E-state index in [0.29, 0.717) is 0 Å². The zero-order chi connectivity index (χ0) is 10.6. The lowest BCUT2D eigenvalue weighted by Crippen LogP contribution is -2.13. The first-order chi connectivity index (χ1) is 6.65. The van der Waals surface area contributed by atoms with Crippen LogP contribution in [-0.4, -0.2) is 6.09 Å². The van der Waals surface area contributed by atoms with Crippen LogP contribution in [0.25, 0.3) is 0 Å². The maximum absolute atomic E-state index is 12.9. The molecule has 0 saturated carbocycles. The standard InChI is InChI=1S/C9H8F2NO2/c1-2-14-9(13)12-8-6(10)4-3-5-7(8)11/h2-5H,1H3,(H,12,13). The van der Waals surface area contributed by atoms with Crippen LogP contribution in [0.3, 0.4) is 0 Å². The number of anilines is 1. The lowest BCUT2D eigenvalue weighted by Gasteiger charge is -2.06. The molecule has 14 heavy (non-hydrogen) atoms. The third-order valence-electron chi connectivity index (χ3n) is 1.41. The number of rotatable bonds is 2. The van der Waals surface area contributed by atoms with Crippen molar-refractivity contribution in [3.63, 3.8) is 0 Å². The van der Waals surface area contributed by atoms with Gasteiger partial charge in [0, 0.05) is 0 Å². The van der Waals surface area contributed by atoms with Gasteiger partial charge in [-0.05, 0) is 19.1 Å². The van der Waals surface area contributed by atoms with Gasteiger partial charge in [0.1, 0.15) is 23.9 Å². The Balaban J connectivity index is 2.80. The number of carbonyl (C=O) groups excluding carboxylic acids is 1. The number of para-hydroxylation sites is 1. The number of ether oxygens (including phenoxy) is 1. The highest BCUT2D eigenvalue weighted by Crippen LogP contribution is 2.17. The topological polar surface area (TPSA) is 38.3 Å². The molecule has 0 atom stereocenters. The number of hydrogen-bond acceptors (Lipinski definition) is 2. The van der Waals surface area contributed by atoms with Gasteiger partial charge in [-0.25, -0.2) is 13.6 Å². The largest absolute Gasteiger partial charge is 0.442 e. The highest BCUT2D eigenvalue weighted by Gasteiger charge is 2.11. The maximum atomic E-state index is 12.9. The molecule has 1 radical (unpaired) electrons. The van der Waals surface area contributed by atoms with E-state index in [-0.39, 0.29) is 0 Å². The number of benzene rings is 1. The van der Waals surface area contributed by atoms with Crippen LogP contribution in [0.2, 0.25) is 0 Å². The summed E-state index contributed by atoms with van der Waals surface area (Å²) >= 11 is 0. The minimum Gasteiger partial charge on any atom is -0.442 e. The van der Waals surface area contributed by atoms with Crippen LogP contribution in [0, 0.1) is 18.2 Å². The van der Waals surface area contributed by atoms with Gasteiger partial charge >= 0.3 is 6.09 Å². The lowest BCUT2D eigenvalue weighted by molar-refractivity contribution is 0.188. The fourth-order valence-corrected chi connectivity index (χ4v) is 0.856. The van der Waals surface area contributed by atoms with Gasteiger partial charge in [0.25, 0.3) is 0 Å². The Morgan fingerprint density at radius 3 is 2.50 bits per heavy atom. The molecule has 0 saturated heterocycles. The molecule has 3 nitrogen and oxygen atoms in total. The Labute approximate surface area is 79.7 Å². The van der Waals surface area contributed by atoms with Crippen molar-refractivity contribution < 1.29 is 18.3 Å². The summed E-state index contributed by atoms with van der Waals surface area (Å²) in [6, 6.07) is 3.27. The van der Waals surface area contributed by atoms with Gasteiger partial charge in [-0.15, -0.1) is 0 Å². The fraction of sp³-hybridized carbons (Fsp3) is 0.111. The molecule has 0 aromatic heterocycles. The highest BCUT2D eigenvalue weighted by atomic mass is 19.1. The average Bonchev–Trinajstić information content (AvgIpc) is 2.12. The molecule has 0 aliphatic rings. The van der Waals surface area contributed by atoms with Crippen LogP contribution >= 0.6 is 0 Å². The van der Waals surface area contributed by atoms with E-state index in [2.05, 4.69) is 4.74 Å². The Morgan fingerprint density at radius 1 is 1.43 bits per heavy atom. The fourth-order valence-electron chi connectivity index (χ4n) is 0.856. The van der Waals surface area contributed by atoms with Crippen LogP contribution < -0.4 is 5.32 Å². The number of carbonyl (C=O) groups is 1. The summed E-state index contributed by atoms with van der Waals surface area (Å²) in [5.74, 6) is -1.70. The van der Waals surface area contributed by atoms with Gasteiger partial charge in [0.05, 0.1) is 0 Å². The second-order valence-electron chi connectivity index (χ2n) is 2.36. The Hall–Kier alpha value is -1.65. The molecule has 0 aliphatic heterocycles. The predicted octanol–water partition coefficient (Wildman–Crippen LogP) is 2.69. The van der Waals surface area contributed by atoms with Crippen LogP contribution in [0.4, 0.5) is 19.3 Å². The number of nitrogens with one attached hydrogen (secondary N) is 1. The molecule has 0 spiro atoms. The van der Waals surface area contributed by atoms with Crippen molar-refractivity contribution in [2.75, 3.05) is 5.32 Å². The van der Waals surface area contributed by atoms with Crippen molar-refractivity contribution in [1.82, 2.24) is 0 Å². The smallest absolute Gasteiger partial charge is 0.412 e. The van der Waals surface area contributed by atoms with Crippen molar-refractivity contribution in [3.05, 3.63) is 36.4 Å². The molecular formula is C9H8F2NO2. The maximum Gasteiger partial charge on any atom is 0.412 e. The van der Waals surface area contributed by atoms with E-state index in [4.69, 9.17) is 0 Å². The van der Waals surface area contributed by atoms with E-state index in [1.165, 1.54) is 13.0 Å². The molecule has 0 aliphatic carbocycles. The van der Waals surface area contributed by atoms with E-state index >= 15 is 0 Å². The first-order valence-corrected chi connectivity index (χ1v) is 3.84. The highest BCUT2D eigenvalue weighted by molar-refractivity contribution is 5.85. The van der Waals surface area contributed by atoms with Crippen molar-refractivity contribution in [2.24, 2.45) is 0 Å². The van der Waals surface area contributed by atoms with Crippen molar-refractivity contribution in [2.45, 2.75) is 6.92 Å². The molecule has 1 amide bonds. The molecule has 1 N–H and O–H groups in total. The molecule has 0 heterocycles. The first-order valence-electron chi connectivity index (χ1n) is 3.84. The summed E-state index contributed by atoms with van der Waals surface area (Å²) in [6.07, 6.45) is -0.934. The normalized spacial score (nSPS) is 9.64. The van der Waals surface area contributed by atoms with Crippen LogP contribution in [0.5, 0.6) is 0 Å². The Bertz CT molecular complexity index is 321. The van der Waals surface area contributed by atoms with E-state index in [1.54, 1.807) is 0 Å². The molecular weight excluding hydrogens is 192 g/mol. The van der Waals surface area contributed by atoms with Gasteiger partial charge in [-0.2, -0.15) is 0 Å². The zero-order valence-corrected chi connectivity index (χ0v) is 7.38. The third-order valence-corrected chi connectivity index (χ3v) is 1.41.